The Balaban J connectivity index is 1.42. The van der Waals surface area contributed by atoms with Crippen molar-refractivity contribution in [1.82, 2.24) is 4.98 Å². The van der Waals surface area contributed by atoms with E-state index in [1.807, 2.05) is 0 Å². The molecule has 0 saturated carbocycles. The third-order valence-corrected chi connectivity index (χ3v) is 7.33. The summed E-state index contributed by atoms with van der Waals surface area (Å²) in [4.78, 5) is 29.0. The van der Waals surface area contributed by atoms with Gasteiger partial charge in [0.25, 0.3) is 0 Å². The van der Waals surface area contributed by atoms with Crippen LogP contribution in [-0.4, -0.2) is 48.8 Å². The third-order valence-electron chi connectivity index (χ3n) is 5.72. The maximum Gasteiger partial charge on any atom is 0.334 e. The van der Waals surface area contributed by atoms with Crippen LogP contribution in [0.2, 0.25) is 0 Å². The summed E-state index contributed by atoms with van der Waals surface area (Å²) in [5, 5.41) is 17.1. The largest absolute Gasteiger partial charge is 0.469 e. The average Bonchev–Trinajstić information content (AvgIpc) is 3.35. The predicted octanol–water partition coefficient (Wildman–Crippen LogP) is 3.14. The van der Waals surface area contributed by atoms with E-state index in [1.54, 1.807) is 29.2 Å². The van der Waals surface area contributed by atoms with Gasteiger partial charge in [0.15, 0.2) is 9.84 Å². The molecule has 2 N–H and O–H groups in total. The van der Waals surface area contributed by atoms with Gasteiger partial charge in [-0.2, -0.15) is 0 Å². The Morgan fingerprint density at radius 3 is 2.67 bits per heavy atom. The molecule has 190 valence electrons. The summed E-state index contributed by atoms with van der Waals surface area (Å²) in [5.74, 6) is -0.598. The SMILES string of the molecule is O=C(CCc1ccco1)Nc1nccc(NCc2ccc(N3CCS(=O)(=O)CC3)c(F)c2)c1[N+](=O)[O-]. The van der Waals surface area contributed by atoms with Crippen molar-refractivity contribution >= 4 is 38.6 Å². The molecule has 0 bridgehead atoms. The first kappa shape index (κ1) is 25.1. The van der Waals surface area contributed by atoms with Gasteiger partial charge >= 0.3 is 5.69 Å². The van der Waals surface area contributed by atoms with Crippen LogP contribution in [0.4, 0.5) is 27.3 Å². The monoisotopic (exact) mass is 517 g/mol. The zero-order chi connectivity index (χ0) is 25.7. The van der Waals surface area contributed by atoms with Gasteiger partial charge in [-0.25, -0.2) is 17.8 Å². The van der Waals surface area contributed by atoms with Gasteiger partial charge in [-0.1, -0.05) is 6.07 Å². The van der Waals surface area contributed by atoms with Crippen LogP contribution >= 0.6 is 0 Å². The van der Waals surface area contributed by atoms with Crippen LogP contribution in [0.15, 0.2) is 53.3 Å². The highest BCUT2D eigenvalue weighted by Crippen LogP contribution is 2.32. The summed E-state index contributed by atoms with van der Waals surface area (Å²) < 4.78 is 43.2. The summed E-state index contributed by atoms with van der Waals surface area (Å²) in [7, 11) is -3.08. The molecule has 1 aliphatic rings. The number of hydrogen-bond acceptors (Lipinski definition) is 9. The number of halogens is 1. The second kappa shape index (κ2) is 10.7. The molecule has 1 amide bonds. The number of anilines is 3. The topological polar surface area (TPSA) is 148 Å². The van der Waals surface area contributed by atoms with Crippen LogP contribution in [0.1, 0.15) is 17.7 Å². The third kappa shape index (κ3) is 6.16. The number of carbonyl (C=O) groups is 1. The molecule has 13 heteroatoms. The van der Waals surface area contributed by atoms with Gasteiger partial charge in [0.2, 0.25) is 11.7 Å². The Morgan fingerprint density at radius 1 is 1.22 bits per heavy atom. The fourth-order valence-corrected chi connectivity index (χ4v) is 5.03. The van der Waals surface area contributed by atoms with E-state index in [4.69, 9.17) is 4.42 Å². The van der Waals surface area contributed by atoms with Gasteiger partial charge in [0.1, 0.15) is 17.3 Å². The molecule has 2 aromatic heterocycles. The normalized spacial score (nSPS) is 14.9. The standard InChI is InChI=1S/C23H24FN5O6S/c24-18-14-16(3-5-20(18)28-9-12-36(33,34)13-10-28)15-26-19-7-8-25-23(22(19)29(31)32)27-21(30)6-4-17-2-1-11-35-17/h1-3,5,7-8,11,14H,4,6,9-10,12-13,15H2,(H2,25,26,27,30). The van der Waals surface area contributed by atoms with Crippen molar-refractivity contribution in [3.63, 3.8) is 0 Å². The van der Waals surface area contributed by atoms with Crippen LogP contribution in [0.5, 0.6) is 0 Å². The van der Waals surface area contributed by atoms with Crippen molar-refractivity contribution in [2.75, 3.05) is 40.1 Å². The maximum absolute atomic E-state index is 14.8. The number of nitrogens with one attached hydrogen (secondary N) is 2. The lowest BCUT2D eigenvalue weighted by Gasteiger charge is -2.29. The van der Waals surface area contributed by atoms with Crippen LogP contribution in [0, 0.1) is 15.9 Å². The average molecular weight is 518 g/mol. The van der Waals surface area contributed by atoms with E-state index in [0.29, 0.717) is 23.4 Å². The van der Waals surface area contributed by atoms with Crippen LogP contribution in [0.3, 0.4) is 0 Å². The van der Waals surface area contributed by atoms with E-state index < -0.39 is 32.2 Å². The zero-order valence-corrected chi connectivity index (χ0v) is 20.0. The first-order valence-corrected chi connectivity index (χ1v) is 13.0. The molecular formula is C23H24FN5O6S. The number of furan rings is 1. The molecule has 4 rings (SSSR count). The molecule has 1 saturated heterocycles. The van der Waals surface area contributed by atoms with Crippen LogP contribution < -0.4 is 15.5 Å². The number of sulfone groups is 1. The lowest BCUT2D eigenvalue weighted by atomic mass is 10.1. The summed E-state index contributed by atoms with van der Waals surface area (Å²) >= 11 is 0. The molecule has 3 aromatic rings. The fourth-order valence-electron chi connectivity index (χ4n) is 3.83. The van der Waals surface area contributed by atoms with E-state index in [-0.39, 0.29) is 49.1 Å². The van der Waals surface area contributed by atoms with E-state index in [0.717, 1.165) is 0 Å². The van der Waals surface area contributed by atoms with E-state index in [1.165, 1.54) is 24.6 Å². The van der Waals surface area contributed by atoms with Gasteiger partial charge in [-0.15, -0.1) is 0 Å². The van der Waals surface area contributed by atoms with Gasteiger partial charge in [0, 0.05) is 38.7 Å². The van der Waals surface area contributed by atoms with Gasteiger partial charge < -0.3 is 20.0 Å². The van der Waals surface area contributed by atoms with Crippen molar-refractivity contribution in [1.29, 1.82) is 0 Å². The summed E-state index contributed by atoms with van der Waals surface area (Å²) in [5.41, 5.74) is 0.539. The van der Waals surface area contributed by atoms with Crippen molar-refractivity contribution in [2.24, 2.45) is 0 Å². The molecule has 1 aromatic carbocycles. The van der Waals surface area contributed by atoms with Crippen molar-refractivity contribution < 1.29 is 26.9 Å². The minimum Gasteiger partial charge on any atom is -0.469 e. The first-order valence-electron chi connectivity index (χ1n) is 11.1. The predicted molar refractivity (Wildman–Crippen MR) is 131 cm³/mol. The molecule has 0 unspecified atom stereocenters. The second-order valence-corrected chi connectivity index (χ2v) is 10.5. The molecule has 0 atom stereocenters. The van der Waals surface area contributed by atoms with Gasteiger partial charge in [-0.3, -0.25) is 14.9 Å². The molecule has 36 heavy (non-hydrogen) atoms. The molecule has 0 spiro atoms. The highest BCUT2D eigenvalue weighted by Gasteiger charge is 2.25. The van der Waals surface area contributed by atoms with E-state index in [9.17, 15) is 27.7 Å². The molecule has 11 nitrogen and oxygen atoms in total. The first-order chi connectivity index (χ1) is 17.2. The number of hydrogen-bond donors (Lipinski definition) is 2. The quantitative estimate of drug-likeness (QED) is 0.323. The lowest BCUT2D eigenvalue weighted by molar-refractivity contribution is -0.383. The second-order valence-electron chi connectivity index (χ2n) is 8.22. The highest BCUT2D eigenvalue weighted by atomic mass is 32.2. The molecule has 0 aliphatic carbocycles. The minimum absolute atomic E-state index is 0.0246. The Kier molecular flexibility index (Phi) is 7.48. The number of benzene rings is 1. The van der Waals surface area contributed by atoms with Crippen molar-refractivity contribution in [3.8, 4) is 0 Å². The molecule has 1 aliphatic heterocycles. The van der Waals surface area contributed by atoms with Gasteiger partial charge in [0.05, 0.1) is 28.4 Å². The fraction of sp³-hybridized carbons (Fsp3) is 0.304. The maximum atomic E-state index is 14.8. The van der Waals surface area contributed by atoms with Crippen molar-refractivity contribution in [2.45, 2.75) is 19.4 Å². The molecule has 0 radical (unpaired) electrons. The van der Waals surface area contributed by atoms with Crippen molar-refractivity contribution in [3.05, 3.63) is 76.1 Å². The van der Waals surface area contributed by atoms with E-state index >= 15 is 0 Å². The number of rotatable bonds is 9. The lowest BCUT2D eigenvalue weighted by Crippen LogP contribution is -2.40. The summed E-state index contributed by atoms with van der Waals surface area (Å²) in [6.45, 7) is 0.508. The Bertz CT molecular complexity index is 1350. The Labute approximate surface area is 206 Å². The number of aromatic nitrogens is 1. The highest BCUT2D eigenvalue weighted by molar-refractivity contribution is 7.91. The zero-order valence-electron chi connectivity index (χ0n) is 19.1. The Morgan fingerprint density at radius 2 is 2.00 bits per heavy atom. The minimum atomic E-state index is -3.08. The summed E-state index contributed by atoms with van der Waals surface area (Å²) in [6, 6.07) is 9.36. The number of aryl methyl sites for hydroxylation is 1. The molecular weight excluding hydrogens is 493 g/mol. The van der Waals surface area contributed by atoms with Crippen LogP contribution in [-0.2, 0) is 27.6 Å². The Hall–Kier alpha value is -4.00. The number of carbonyl (C=O) groups excluding carboxylic acids is 1. The number of nitrogens with zero attached hydrogens (tertiary/aromatic N) is 3. The smallest absolute Gasteiger partial charge is 0.334 e. The van der Waals surface area contributed by atoms with Crippen LogP contribution in [0.25, 0.3) is 0 Å². The number of amides is 1. The van der Waals surface area contributed by atoms with Gasteiger partial charge in [-0.05, 0) is 35.9 Å². The number of nitro groups is 1. The molecule has 1 fully saturated rings. The number of pyridine rings is 1. The molecule has 3 heterocycles. The summed E-state index contributed by atoms with van der Waals surface area (Å²) in [6.07, 6.45) is 3.21. The van der Waals surface area contributed by atoms with E-state index in [2.05, 4.69) is 15.6 Å².